The summed E-state index contributed by atoms with van der Waals surface area (Å²) in [6, 6.07) is 5.18. The third-order valence-electron chi connectivity index (χ3n) is 5.73. The Morgan fingerprint density at radius 1 is 1.32 bits per heavy atom. The van der Waals surface area contributed by atoms with Crippen LogP contribution in [0.4, 0.5) is 0 Å². The molecule has 1 aromatic carbocycles. The fourth-order valence-electron chi connectivity index (χ4n) is 4.22. The first kappa shape index (κ1) is 17.3. The van der Waals surface area contributed by atoms with Crippen molar-refractivity contribution in [3.8, 4) is 0 Å². The van der Waals surface area contributed by atoms with Gasteiger partial charge in [-0.1, -0.05) is 31.9 Å². The summed E-state index contributed by atoms with van der Waals surface area (Å²) in [5.41, 5.74) is 3.62. The molecular weight excluding hydrogens is 354 g/mol. The zero-order valence-electron chi connectivity index (χ0n) is 17.0. The Morgan fingerprint density at radius 2 is 2.18 bits per heavy atom. The number of nitrogens with zero attached hydrogens (tertiary/aromatic N) is 2. The van der Waals surface area contributed by atoms with Crippen LogP contribution >= 0.6 is 0 Å². The predicted octanol–water partition coefficient (Wildman–Crippen LogP) is 2.72. The molecular formula is C22H25N3O3. The van der Waals surface area contributed by atoms with Gasteiger partial charge in [0, 0.05) is 30.6 Å². The fourth-order valence-corrected chi connectivity index (χ4v) is 4.22. The second kappa shape index (κ2) is 7.70. The molecule has 4 rings (SSSR count). The Bertz CT molecular complexity index is 937. The Hall–Kier alpha value is -2.76. The van der Waals surface area contributed by atoms with Crippen LogP contribution in [0.25, 0.3) is 5.57 Å². The first-order valence-electron chi connectivity index (χ1n) is 10.5. The third kappa shape index (κ3) is 3.39. The minimum atomic E-state index is -0.603. The molecule has 1 aromatic rings. The second-order valence-electron chi connectivity index (χ2n) is 7.60. The second-order valence-corrected chi connectivity index (χ2v) is 7.60. The molecule has 28 heavy (non-hydrogen) atoms. The molecule has 3 amide bonds. The van der Waals surface area contributed by atoms with Crippen LogP contribution in [-0.4, -0.2) is 41.4 Å². The molecule has 3 aliphatic rings. The highest BCUT2D eigenvalue weighted by Crippen LogP contribution is 2.33. The SMILES string of the molecule is [2H]C1=NCC=C(c2ccc3c(c2)CN(C2CCC(=O)NC2=O)C3=O)C1CCCC. The quantitative estimate of drug-likeness (QED) is 0.798. The molecule has 0 radical (unpaired) electrons. The number of fused-ring (bicyclic) bond motifs is 1. The van der Waals surface area contributed by atoms with Crippen molar-refractivity contribution in [3.63, 3.8) is 0 Å². The number of carbonyl (C=O) groups excluding carboxylic acids is 3. The molecule has 1 fully saturated rings. The van der Waals surface area contributed by atoms with E-state index in [0.717, 1.165) is 36.0 Å². The number of nitrogens with one attached hydrogen (secondary N) is 1. The fraction of sp³-hybridized carbons (Fsp3) is 0.455. The maximum absolute atomic E-state index is 12.9. The molecule has 2 atom stereocenters. The van der Waals surface area contributed by atoms with Crippen molar-refractivity contribution in [3.05, 3.63) is 41.0 Å². The summed E-state index contributed by atoms with van der Waals surface area (Å²) in [5.74, 6) is -0.853. The van der Waals surface area contributed by atoms with Gasteiger partial charge in [-0.2, -0.15) is 0 Å². The molecule has 0 aromatic heterocycles. The zero-order chi connectivity index (χ0) is 20.5. The highest BCUT2D eigenvalue weighted by Gasteiger charge is 2.39. The molecule has 1 saturated heterocycles. The van der Waals surface area contributed by atoms with Crippen molar-refractivity contribution in [1.29, 1.82) is 0 Å². The topological polar surface area (TPSA) is 78.8 Å². The third-order valence-corrected chi connectivity index (χ3v) is 5.73. The van der Waals surface area contributed by atoms with E-state index in [4.69, 9.17) is 1.37 Å². The summed E-state index contributed by atoms with van der Waals surface area (Å²) in [6.07, 6.45) is 6.11. The van der Waals surface area contributed by atoms with Crippen molar-refractivity contribution in [1.82, 2.24) is 10.2 Å². The monoisotopic (exact) mass is 380 g/mol. The zero-order valence-corrected chi connectivity index (χ0v) is 16.0. The lowest BCUT2D eigenvalue weighted by atomic mass is 9.86. The van der Waals surface area contributed by atoms with Gasteiger partial charge in [0.05, 0.1) is 7.92 Å². The van der Waals surface area contributed by atoms with E-state index in [-0.39, 0.29) is 24.2 Å². The summed E-state index contributed by atoms with van der Waals surface area (Å²) < 4.78 is 8.25. The van der Waals surface area contributed by atoms with Crippen molar-refractivity contribution >= 4 is 29.5 Å². The number of imide groups is 1. The first-order chi connectivity index (χ1) is 14.0. The molecule has 1 N–H and O–H groups in total. The smallest absolute Gasteiger partial charge is 0.255 e. The molecule has 3 heterocycles. The summed E-state index contributed by atoms with van der Waals surface area (Å²) in [4.78, 5) is 42.3. The van der Waals surface area contributed by atoms with Gasteiger partial charge in [-0.15, -0.1) is 0 Å². The number of benzene rings is 1. The van der Waals surface area contributed by atoms with Crippen molar-refractivity contribution < 1.29 is 15.8 Å². The summed E-state index contributed by atoms with van der Waals surface area (Å²) in [6.45, 7) is 3.01. The number of dihydropyridines is 1. The number of rotatable bonds is 5. The number of aliphatic imine (C=N–C) groups is 1. The molecule has 0 bridgehead atoms. The Kier molecular flexibility index (Phi) is 4.77. The summed E-state index contributed by atoms with van der Waals surface area (Å²) in [7, 11) is 0. The number of piperidine rings is 1. The van der Waals surface area contributed by atoms with E-state index < -0.39 is 11.9 Å². The van der Waals surface area contributed by atoms with Crippen LogP contribution in [0.3, 0.4) is 0 Å². The molecule has 2 unspecified atom stereocenters. The summed E-state index contributed by atoms with van der Waals surface area (Å²) in [5, 5.41) is 2.33. The van der Waals surface area contributed by atoms with E-state index in [1.165, 1.54) is 0 Å². The van der Waals surface area contributed by atoms with Gasteiger partial charge in [-0.05, 0) is 41.7 Å². The van der Waals surface area contributed by atoms with Crippen LogP contribution in [0.1, 0.15) is 61.9 Å². The average Bonchev–Trinajstić information content (AvgIpc) is 3.02. The molecule has 0 spiro atoms. The summed E-state index contributed by atoms with van der Waals surface area (Å²) >= 11 is 0. The highest BCUT2D eigenvalue weighted by molar-refractivity contribution is 6.05. The normalized spacial score (nSPS) is 25.1. The van der Waals surface area contributed by atoms with Gasteiger partial charge in [-0.25, -0.2) is 0 Å². The van der Waals surface area contributed by atoms with E-state index in [0.29, 0.717) is 31.3 Å². The largest absolute Gasteiger partial charge is 0.322 e. The Labute approximate surface area is 166 Å². The standard InChI is InChI=1S/C22H25N3O3/c1-2-3-4-15-12-23-10-9-17(15)14-5-6-18-16(11-14)13-25(22(18)28)19-7-8-20(26)24-21(19)27/h5-6,9,11-12,15,19H,2-4,7-8,10,13H2,1H3,(H,24,26,27)/i12D. The minimum absolute atomic E-state index is 0.00917. The number of hydrogen-bond acceptors (Lipinski definition) is 4. The lowest BCUT2D eigenvalue weighted by Gasteiger charge is -2.29. The number of allylic oxidation sites excluding steroid dienone is 1. The van der Waals surface area contributed by atoms with Crippen LogP contribution in [-0.2, 0) is 16.1 Å². The Balaban J connectivity index is 1.58. The van der Waals surface area contributed by atoms with E-state index >= 15 is 0 Å². The van der Waals surface area contributed by atoms with Crippen molar-refractivity contribution in [2.24, 2.45) is 10.9 Å². The van der Waals surface area contributed by atoms with Gasteiger partial charge in [-0.3, -0.25) is 24.7 Å². The van der Waals surface area contributed by atoms with Crippen LogP contribution in [0.5, 0.6) is 0 Å². The minimum Gasteiger partial charge on any atom is -0.322 e. The van der Waals surface area contributed by atoms with E-state index in [2.05, 4.69) is 23.3 Å². The van der Waals surface area contributed by atoms with E-state index in [1.807, 2.05) is 18.2 Å². The predicted molar refractivity (Wildman–Crippen MR) is 107 cm³/mol. The van der Waals surface area contributed by atoms with Gasteiger partial charge < -0.3 is 4.90 Å². The van der Waals surface area contributed by atoms with Crippen LogP contribution in [0, 0.1) is 5.92 Å². The molecule has 146 valence electrons. The number of hydrogen-bond donors (Lipinski definition) is 1. The van der Waals surface area contributed by atoms with Gasteiger partial charge in [0.25, 0.3) is 5.91 Å². The van der Waals surface area contributed by atoms with Gasteiger partial charge in [0.15, 0.2) is 0 Å². The Morgan fingerprint density at radius 3 is 2.96 bits per heavy atom. The van der Waals surface area contributed by atoms with Crippen molar-refractivity contribution in [2.45, 2.75) is 51.6 Å². The van der Waals surface area contributed by atoms with Gasteiger partial charge in [0.2, 0.25) is 11.8 Å². The van der Waals surface area contributed by atoms with Gasteiger partial charge in [0.1, 0.15) is 6.04 Å². The first-order valence-corrected chi connectivity index (χ1v) is 9.98. The average molecular weight is 380 g/mol. The van der Waals surface area contributed by atoms with Crippen molar-refractivity contribution in [2.75, 3.05) is 6.54 Å². The van der Waals surface area contributed by atoms with E-state index in [1.54, 1.807) is 4.90 Å². The molecule has 0 saturated carbocycles. The number of carbonyl (C=O) groups is 3. The molecule has 3 aliphatic heterocycles. The van der Waals surface area contributed by atoms with Crippen LogP contribution in [0.2, 0.25) is 0 Å². The lowest BCUT2D eigenvalue weighted by molar-refractivity contribution is -0.136. The maximum Gasteiger partial charge on any atom is 0.255 e. The van der Waals surface area contributed by atoms with Gasteiger partial charge >= 0.3 is 0 Å². The maximum atomic E-state index is 12.9. The number of amides is 3. The number of unbranched alkanes of at least 4 members (excludes halogenated alkanes) is 1. The van der Waals surface area contributed by atoms with Crippen LogP contribution < -0.4 is 5.32 Å². The van der Waals surface area contributed by atoms with Crippen LogP contribution in [0.15, 0.2) is 29.3 Å². The molecule has 6 nitrogen and oxygen atoms in total. The molecule has 0 aliphatic carbocycles. The molecule has 6 heteroatoms. The lowest BCUT2D eigenvalue weighted by Crippen LogP contribution is -2.52. The van der Waals surface area contributed by atoms with E-state index in [9.17, 15) is 14.4 Å². The highest BCUT2D eigenvalue weighted by atomic mass is 16.2.